The van der Waals surface area contributed by atoms with Gasteiger partial charge in [-0.3, -0.25) is 9.69 Å². The van der Waals surface area contributed by atoms with Crippen molar-refractivity contribution in [3.05, 3.63) is 0 Å². The highest BCUT2D eigenvalue weighted by molar-refractivity contribution is 5.78. The number of hydrogen-bond donors (Lipinski definition) is 1. The molecule has 0 aliphatic carbocycles. The Morgan fingerprint density at radius 3 is 2.67 bits per heavy atom. The maximum Gasteiger partial charge on any atom is 0.234 e. The van der Waals surface area contributed by atoms with Crippen LogP contribution in [0.25, 0.3) is 0 Å². The fourth-order valence-corrected chi connectivity index (χ4v) is 2.75. The van der Waals surface area contributed by atoms with E-state index in [9.17, 15) is 4.79 Å². The summed E-state index contributed by atoms with van der Waals surface area (Å²) in [5, 5.41) is 3.08. The maximum atomic E-state index is 11.9. The van der Waals surface area contributed by atoms with Crippen LogP contribution in [0.1, 0.15) is 13.3 Å². The third-order valence-electron chi connectivity index (χ3n) is 3.93. The van der Waals surface area contributed by atoms with Crippen molar-refractivity contribution in [1.82, 2.24) is 15.1 Å². The van der Waals surface area contributed by atoms with Crippen LogP contribution in [0.5, 0.6) is 0 Å². The van der Waals surface area contributed by atoms with Crippen LogP contribution in [-0.4, -0.2) is 75.2 Å². The molecule has 5 heteroatoms. The van der Waals surface area contributed by atoms with Gasteiger partial charge in [-0.25, -0.2) is 0 Å². The van der Waals surface area contributed by atoms with E-state index < -0.39 is 0 Å². The smallest absolute Gasteiger partial charge is 0.234 e. The van der Waals surface area contributed by atoms with E-state index in [0.29, 0.717) is 6.54 Å². The number of carbonyl (C=O) groups excluding carboxylic acids is 1. The number of nitrogens with zero attached hydrogens (tertiary/aromatic N) is 2. The largest absolute Gasteiger partial charge is 0.379 e. The van der Waals surface area contributed by atoms with Crippen molar-refractivity contribution in [2.24, 2.45) is 5.41 Å². The SMILES string of the molecule is CN1CC[C@](C)(CNC(=O)CN2CCOCC2)C1. The molecule has 1 N–H and O–H groups in total. The number of hydrogen-bond acceptors (Lipinski definition) is 4. The summed E-state index contributed by atoms with van der Waals surface area (Å²) in [6, 6.07) is 0. The first-order valence-corrected chi connectivity index (χ1v) is 6.83. The highest BCUT2D eigenvalue weighted by atomic mass is 16.5. The van der Waals surface area contributed by atoms with Crippen molar-refractivity contribution >= 4 is 5.91 Å². The molecule has 1 atom stereocenters. The summed E-state index contributed by atoms with van der Waals surface area (Å²) in [6.07, 6.45) is 1.17. The van der Waals surface area contributed by atoms with Gasteiger partial charge in [-0.2, -0.15) is 0 Å². The van der Waals surface area contributed by atoms with Crippen LogP contribution >= 0.6 is 0 Å². The predicted molar refractivity (Wildman–Crippen MR) is 70.5 cm³/mol. The molecule has 0 saturated carbocycles. The van der Waals surface area contributed by atoms with Gasteiger partial charge in [0.1, 0.15) is 0 Å². The van der Waals surface area contributed by atoms with Crippen LogP contribution in [0.4, 0.5) is 0 Å². The summed E-state index contributed by atoms with van der Waals surface area (Å²) in [5.74, 6) is 0.146. The van der Waals surface area contributed by atoms with Crippen LogP contribution in [-0.2, 0) is 9.53 Å². The lowest BCUT2D eigenvalue weighted by atomic mass is 9.90. The molecule has 2 rings (SSSR count). The Morgan fingerprint density at radius 2 is 2.06 bits per heavy atom. The van der Waals surface area contributed by atoms with E-state index in [4.69, 9.17) is 4.74 Å². The number of ether oxygens (including phenoxy) is 1. The van der Waals surface area contributed by atoms with Crippen LogP contribution in [0, 0.1) is 5.41 Å². The molecule has 0 aromatic rings. The quantitative estimate of drug-likeness (QED) is 0.754. The Bertz CT molecular complexity index is 292. The molecule has 2 saturated heterocycles. The Morgan fingerprint density at radius 1 is 1.33 bits per heavy atom. The van der Waals surface area contributed by atoms with Gasteiger partial charge >= 0.3 is 0 Å². The highest BCUT2D eigenvalue weighted by Gasteiger charge is 2.32. The van der Waals surface area contributed by atoms with Crippen LogP contribution in [0.2, 0.25) is 0 Å². The van der Waals surface area contributed by atoms with E-state index >= 15 is 0 Å². The Labute approximate surface area is 109 Å². The molecular formula is C13H25N3O2. The zero-order valence-electron chi connectivity index (χ0n) is 11.6. The first-order valence-electron chi connectivity index (χ1n) is 6.83. The van der Waals surface area contributed by atoms with Gasteiger partial charge in [0.05, 0.1) is 19.8 Å². The monoisotopic (exact) mass is 255 g/mol. The molecule has 0 radical (unpaired) electrons. The minimum absolute atomic E-state index is 0.146. The molecule has 2 aliphatic rings. The molecule has 0 unspecified atom stereocenters. The van der Waals surface area contributed by atoms with Crippen LogP contribution < -0.4 is 5.32 Å². The van der Waals surface area contributed by atoms with Gasteiger partial charge in [0.2, 0.25) is 5.91 Å². The third kappa shape index (κ3) is 3.93. The van der Waals surface area contributed by atoms with E-state index in [-0.39, 0.29) is 11.3 Å². The average Bonchev–Trinajstić information content (AvgIpc) is 2.69. The summed E-state index contributed by atoms with van der Waals surface area (Å²) in [7, 11) is 2.14. The molecular weight excluding hydrogens is 230 g/mol. The minimum Gasteiger partial charge on any atom is -0.379 e. The van der Waals surface area contributed by atoms with E-state index in [0.717, 1.165) is 45.9 Å². The summed E-state index contributed by atoms with van der Waals surface area (Å²) in [6.45, 7) is 8.99. The third-order valence-corrected chi connectivity index (χ3v) is 3.93. The number of rotatable bonds is 4. The highest BCUT2D eigenvalue weighted by Crippen LogP contribution is 2.27. The van der Waals surface area contributed by atoms with Crippen molar-refractivity contribution in [3.8, 4) is 0 Å². The van der Waals surface area contributed by atoms with Crippen LogP contribution in [0.15, 0.2) is 0 Å². The number of amides is 1. The first kappa shape index (κ1) is 13.8. The van der Waals surface area contributed by atoms with Gasteiger partial charge in [-0.1, -0.05) is 6.92 Å². The van der Waals surface area contributed by atoms with Crippen molar-refractivity contribution in [3.63, 3.8) is 0 Å². The maximum absolute atomic E-state index is 11.9. The van der Waals surface area contributed by atoms with Gasteiger partial charge in [0, 0.05) is 26.2 Å². The van der Waals surface area contributed by atoms with Gasteiger partial charge in [-0.15, -0.1) is 0 Å². The molecule has 2 fully saturated rings. The number of carbonyl (C=O) groups is 1. The molecule has 104 valence electrons. The fourth-order valence-electron chi connectivity index (χ4n) is 2.75. The second-order valence-corrected chi connectivity index (χ2v) is 5.96. The second-order valence-electron chi connectivity index (χ2n) is 5.96. The minimum atomic E-state index is 0.146. The molecule has 0 aromatic carbocycles. The second kappa shape index (κ2) is 5.99. The summed E-state index contributed by atoms with van der Waals surface area (Å²) < 4.78 is 5.27. The van der Waals surface area contributed by atoms with E-state index in [1.54, 1.807) is 0 Å². The molecule has 0 spiro atoms. The molecule has 0 bridgehead atoms. The van der Waals surface area contributed by atoms with Crippen molar-refractivity contribution < 1.29 is 9.53 Å². The summed E-state index contributed by atoms with van der Waals surface area (Å²) in [5.41, 5.74) is 0.245. The zero-order valence-corrected chi connectivity index (χ0v) is 11.6. The van der Waals surface area contributed by atoms with Crippen molar-refractivity contribution in [2.75, 3.05) is 59.5 Å². The molecule has 1 amide bonds. The van der Waals surface area contributed by atoms with Crippen molar-refractivity contribution in [2.45, 2.75) is 13.3 Å². The van der Waals surface area contributed by atoms with E-state index in [2.05, 4.69) is 29.1 Å². The number of morpholine rings is 1. The molecule has 0 aromatic heterocycles. The Kier molecular flexibility index (Phi) is 4.59. The van der Waals surface area contributed by atoms with Gasteiger partial charge in [0.25, 0.3) is 0 Å². The molecule has 18 heavy (non-hydrogen) atoms. The topological polar surface area (TPSA) is 44.8 Å². The van der Waals surface area contributed by atoms with Gasteiger partial charge < -0.3 is 15.0 Å². The normalized spacial score (nSPS) is 30.6. The summed E-state index contributed by atoms with van der Waals surface area (Å²) in [4.78, 5) is 16.4. The van der Waals surface area contributed by atoms with Crippen molar-refractivity contribution in [1.29, 1.82) is 0 Å². The lowest BCUT2D eigenvalue weighted by molar-refractivity contribution is -0.123. The number of likely N-dealkylation sites (tertiary alicyclic amines) is 1. The zero-order chi connectivity index (χ0) is 13.0. The molecule has 2 heterocycles. The predicted octanol–water partition coefficient (Wildman–Crippen LogP) is -0.223. The average molecular weight is 255 g/mol. The standard InChI is InChI=1S/C13H25N3O2/c1-13(3-4-15(2)11-13)10-14-12(17)9-16-5-7-18-8-6-16/h3-11H2,1-2H3,(H,14,17)/t13-/m1/s1. The molecule has 5 nitrogen and oxygen atoms in total. The lowest BCUT2D eigenvalue weighted by Crippen LogP contribution is -2.45. The summed E-state index contributed by atoms with van der Waals surface area (Å²) >= 11 is 0. The lowest BCUT2D eigenvalue weighted by Gasteiger charge is -2.28. The van der Waals surface area contributed by atoms with Crippen LogP contribution in [0.3, 0.4) is 0 Å². The Hall–Kier alpha value is -0.650. The van der Waals surface area contributed by atoms with E-state index in [1.165, 1.54) is 6.42 Å². The first-order chi connectivity index (χ1) is 8.57. The number of nitrogens with one attached hydrogen (secondary N) is 1. The van der Waals surface area contributed by atoms with E-state index in [1.807, 2.05) is 0 Å². The fraction of sp³-hybridized carbons (Fsp3) is 0.923. The molecule has 2 aliphatic heterocycles. The van der Waals surface area contributed by atoms with Gasteiger partial charge in [0.15, 0.2) is 0 Å². The Balaban J connectivity index is 1.68. The van der Waals surface area contributed by atoms with Gasteiger partial charge in [-0.05, 0) is 25.4 Å².